The van der Waals surface area contributed by atoms with Crippen LogP contribution in [0, 0.1) is 6.92 Å². The van der Waals surface area contributed by atoms with Crippen LogP contribution in [0.15, 0.2) is 48.5 Å². The first kappa shape index (κ1) is 30.2. The van der Waals surface area contributed by atoms with Crippen LogP contribution in [-0.4, -0.2) is 57.1 Å². The average Bonchev–Trinajstić information content (AvgIpc) is 2.86. The summed E-state index contributed by atoms with van der Waals surface area (Å²) < 4.78 is 31.7. The molecular weight excluding hydrogens is 490 g/mol. The predicted molar refractivity (Wildman–Crippen MR) is 148 cm³/mol. The largest absolute Gasteiger partial charge is 0.494 e. The zero-order chi connectivity index (χ0) is 27.4. The highest BCUT2D eigenvalue weighted by atomic mass is 32.2. The van der Waals surface area contributed by atoms with Gasteiger partial charge in [0.15, 0.2) is 0 Å². The van der Waals surface area contributed by atoms with Gasteiger partial charge in [0, 0.05) is 26.1 Å². The average molecular weight is 532 g/mol. The third-order valence-corrected chi connectivity index (χ3v) is 7.38. The number of nitrogens with one attached hydrogen (secondary N) is 1. The maximum atomic E-state index is 13.4. The lowest BCUT2D eigenvalue weighted by atomic mass is 10.1. The summed E-state index contributed by atoms with van der Waals surface area (Å²) in [4.78, 5) is 27.8. The van der Waals surface area contributed by atoms with Gasteiger partial charge in [0.1, 0.15) is 11.8 Å². The van der Waals surface area contributed by atoms with E-state index in [9.17, 15) is 18.0 Å². The summed E-state index contributed by atoms with van der Waals surface area (Å²) in [6.45, 7) is 9.19. The quantitative estimate of drug-likeness (QED) is 0.346. The summed E-state index contributed by atoms with van der Waals surface area (Å²) in [6, 6.07) is 14.0. The van der Waals surface area contributed by atoms with Gasteiger partial charge in [-0.05, 0) is 69.0 Å². The van der Waals surface area contributed by atoms with E-state index < -0.39 is 16.1 Å². The minimum atomic E-state index is -3.55. The number of amides is 2. The van der Waals surface area contributed by atoms with Gasteiger partial charge in [0.2, 0.25) is 21.8 Å². The first-order valence-corrected chi connectivity index (χ1v) is 14.8. The van der Waals surface area contributed by atoms with E-state index in [1.165, 1.54) is 4.31 Å². The van der Waals surface area contributed by atoms with Crippen molar-refractivity contribution in [2.45, 2.75) is 66.0 Å². The van der Waals surface area contributed by atoms with Gasteiger partial charge in [-0.1, -0.05) is 37.6 Å². The number of ether oxygens (including phenoxy) is 1. The topological polar surface area (TPSA) is 96.0 Å². The molecule has 2 rings (SSSR count). The van der Waals surface area contributed by atoms with E-state index in [0.29, 0.717) is 37.6 Å². The van der Waals surface area contributed by atoms with Crippen LogP contribution in [0.4, 0.5) is 5.69 Å². The molecule has 0 aliphatic heterocycles. The van der Waals surface area contributed by atoms with E-state index in [2.05, 4.69) is 12.2 Å². The normalized spacial score (nSPS) is 12.0. The maximum absolute atomic E-state index is 13.4. The van der Waals surface area contributed by atoms with Crippen molar-refractivity contribution in [3.05, 3.63) is 59.7 Å². The van der Waals surface area contributed by atoms with Gasteiger partial charge in [-0.15, -0.1) is 0 Å². The Labute approximate surface area is 222 Å². The number of sulfonamides is 1. The van der Waals surface area contributed by atoms with Crippen molar-refractivity contribution in [3.63, 3.8) is 0 Å². The molecular formula is C28H41N3O5S. The minimum Gasteiger partial charge on any atom is -0.494 e. The Morgan fingerprint density at radius 1 is 1.03 bits per heavy atom. The number of benzene rings is 2. The summed E-state index contributed by atoms with van der Waals surface area (Å²) in [5.74, 6) is 0.275. The number of aryl methyl sites for hydroxylation is 1. The van der Waals surface area contributed by atoms with Crippen molar-refractivity contribution in [1.29, 1.82) is 0 Å². The van der Waals surface area contributed by atoms with Crippen LogP contribution in [0.3, 0.4) is 0 Å². The van der Waals surface area contributed by atoms with E-state index in [0.717, 1.165) is 30.2 Å². The van der Waals surface area contributed by atoms with Crippen LogP contribution in [-0.2, 0) is 26.2 Å². The molecule has 0 unspecified atom stereocenters. The molecule has 0 spiro atoms. The molecule has 8 nitrogen and oxygen atoms in total. The summed E-state index contributed by atoms with van der Waals surface area (Å²) >= 11 is 0. The first-order chi connectivity index (χ1) is 17.6. The first-order valence-electron chi connectivity index (χ1n) is 12.9. The highest BCUT2D eigenvalue weighted by Gasteiger charge is 2.27. The second kappa shape index (κ2) is 14.6. The Morgan fingerprint density at radius 3 is 2.30 bits per heavy atom. The van der Waals surface area contributed by atoms with Gasteiger partial charge >= 0.3 is 0 Å². The van der Waals surface area contributed by atoms with Gasteiger partial charge in [-0.2, -0.15) is 0 Å². The second-order valence-corrected chi connectivity index (χ2v) is 11.0. The number of carbonyl (C=O) groups excluding carboxylic acids is 2. The van der Waals surface area contributed by atoms with E-state index in [1.54, 1.807) is 36.1 Å². The lowest BCUT2D eigenvalue weighted by molar-refractivity contribution is -0.140. The Kier molecular flexibility index (Phi) is 11.9. The van der Waals surface area contributed by atoms with Gasteiger partial charge in [0.05, 0.1) is 18.6 Å². The number of nitrogens with zero attached hydrogens (tertiary/aromatic N) is 2. The van der Waals surface area contributed by atoms with Gasteiger partial charge in [-0.3, -0.25) is 13.9 Å². The molecule has 0 radical (unpaired) electrons. The molecule has 0 aliphatic rings. The molecule has 1 atom stereocenters. The smallest absolute Gasteiger partial charge is 0.242 e. The molecule has 0 fully saturated rings. The molecule has 0 aromatic heterocycles. The number of anilines is 1. The number of rotatable bonds is 15. The molecule has 2 aromatic carbocycles. The number of hydrogen-bond acceptors (Lipinski definition) is 5. The fraction of sp³-hybridized carbons (Fsp3) is 0.500. The van der Waals surface area contributed by atoms with Crippen molar-refractivity contribution in [2.75, 3.05) is 30.3 Å². The summed E-state index contributed by atoms with van der Waals surface area (Å²) in [5.41, 5.74) is 2.52. The minimum absolute atomic E-state index is 0.113. The van der Waals surface area contributed by atoms with E-state index in [4.69, 9.17) is 4.74 Å². The third kappa shape index (κ3) is 9.39. The molecule has 2 amide bonds. The van der Waals surface area contributed by atoms with Gasteiger partial charge in [0.25, 0.3) is 0 Å². The number of hydrogen-bond donors (Lipinski definition) is 1. The second-order valence-electron chi connectivity index (χ2n) is 9.13. The lowest BCUT2D eigenvalue weighted by Gasteiger charge is -2.30. The molecule has 0 bridgehead atoms. The van der Waals surface area contributed by atoms with Gasteiger partial charge in [-0.25, -0.2) is 8.42 Å². The Balaban J connectivity index is 2.14. The fourth-order valence-electron chi connectivity index (χ4n) is 3.97. The predicted octanol–water partition coefficient (Wildman–Crippen LogP) is 4.27. The molecule has 37 heavy (non-hydrogen) atoms. The number of unbranched alkanes of at least 4 members (excludes halogenated alkanes) is 1. The van der Waals surface area contributed by atoms with E-state index in [1.807, 2.05) is 38.1 Å². The summed E-state index contributed by atoms with van der Waals surface area (Å²) in [5, 5.41) is 2.92. The fourth-order valence-corrected chi connectivity index (χ4v) is 4.93. The van der Waals surface area contributed by atoms with Crippen molar-refractivity contribution in [1.82, 2.24) is 10.2 Å². The Hall–Kier alpha value is -3.07. The molecule has 0 aliphatic carbocycles. The SMILES string of the molecule is CCCCNC(=O)[C@@H](C)N(Cc1ccccc1C)C(=O)CCCN(c1ccc(OCC)cc1)S(C)(=O)=O. The zero-order valence-electron chi connectivity index (χ0n) is 22.7. The van der Waals surface area contributed by atoms with Crippen LogP contribution in [0.1, 0.15) is 57.6 Å². The Morgan fingerprint density at radius 2 is 1.70 bits per heavy atom. The van der Waals surface area contributed by atoms with Crippen molar-refractivity contribution >= 4 is 27.5 Å². The van der Waals surface area contributed by atoms with Crippen LogP contribution in [0.2, 0.25) is 0 Å². The van der Waals surface area contributed by atoms with Crippen LogP contribution in [0.5, 0.6) is 5.75 Å². The highest BCUT2D eigenvalue weighted by molar-refractivity contribution is 7.92. The van der Waals surface area contributed by atoms with Crippen LogP contribution < -0.4 is 14.4 Å². The van der Waals surface area contributed by atoms with Crippen molar-refractivity contribution in [2.24, 2.45) is 0 Å². The molecule has 204 valence electrons. The van der Waals surface area contributed by atoms with Crippen molar-refractivity contribution in [3.8, 4) is 5.75 Å². The maximum Gasteiger partial charge on any atom is 0.242 e. The molecule has 0 saturated carbocycles. The van der Waals surface area contributed by atoms with E-state index in [-0.39, 0.29) is 24.8 Å². The summed E-state index contributed by atoms with van der Waals surface area (Å²) in [7, 11) is -3.55. The third-order valence-electron chi connectivity index (χ3n) is 6.19. The molecule has 0 saturated heterocycles. The number of carbonyl (C=O) groups is 2. The van der Waals surface area contributed by atoms with Crippen LogP contribution >= 0.6 is 0 Å². The highest BCUT2D eigenvalue weighted by Crippen LogP contribution is 2.23. The van der Waals surface area contributed by atoms with Gasteiger partial charge < -0.3 is 15.0 Å². The van der Waals surface area contributed by atoms with Crippen LogP contribution in [0.25, 0.3) is 0 Å². The lowest BCUT2D eigenvalue weighted by Crippen LogP contribution is -2.48. The summed E-state index contributed by atoms with van der Waals surface area (Å²) in [6.07, 6.45) is 3.41. The van der Waals surface area contributed by atoms with Crippen molar-refractivity contribution < 1.29 is 22.7 Å². The standard InChI is InChI=1S/C28H41N3O5S/c1-6-8-19-29-28(33)23(4)30(21-24-13-10-9-12-22(24)3)27(32)14-11-20-31(37(5,34)35)25-15-17-26(18-16-25)36-7-2/h9-10,12-13,15-18,23H,6-8,11,14,19-21H2,1-5H3,(H,29,33)/t23-/m1/s1. The molecule has 0 heterocycles. The molecule has 2 aromatic rings. The molecule has 9 heteroatoms. The molecule has 1 N–H and O–H groups in total. The Bertz CT molecular complexity index is 1120. The monoisotopic (exact) mass is 531 g/mol. The zero-order valence-corrected chi connectivity index (χ0v) is 23.5. The van der Waals surface area contributed by atoms with E-state index >= 15 is 0 Å².